The van der Waals surface area contributed by atoms with Crippen LogP contribution >= 0.6 is 0 Å². The van der Waals surface area contributed by atoms with Crippen molar-refractivity contribution in [2.75, 3.05) is 6.61 Å². The zero-order chi connectivity index (χ0) is 11.1. The van der Waals surface area contributed by atoms with E-state index in [0.717, 1.165) is 25.0 Å². The molecule has 2 nitrogen and oxygen atoms in total. The first-order valence-electron chi connectivity index (χ1n) is 5.66. The molecule has 0 amide bonds. The summed E-state index contributed by atoms with van der Waals surface area (Å²) in [5, 5.41) is 9.33. The van der Waals surface area contributed by atoms with E-state index < -0.39 is 0 Å². The largest absolute Gasteiger partial charge is 0.491 e. The van der Waals surface area contributed by atoms with Crippen LogP contribution in [0, 0.1) is 0 Å². The van der Waals surface area contributed by atoms with Gasteiger partial charge in [0.2, 0.25) is 0 Å². The molecule has 0 aliphatic rings. The highest BCUT2D eigenvalue weighted by Crippen LogP contribution is 2.13. The predicted molar refractivity (Wildman–Crippen MR) is 62.2 cm³/mol. The summed E-state index contributed by atoms with van der Waals surface area (Å²) in [6, 6.07) is 8.09. The summed E-state index contributed by atoms with van der Waals surface area (Å²) >= 11 is 0. The molecule has 1 aromatic carbocycles. The Labute approximate surface area is 91.9 Å². The van der Waals surface area contributed by atoms with Crippen molar-refractivity contribution < 1.29 is 9.84 Å². The van der Waals surface area contributed by atoms with E-state index in [9.17, 15) is 5.11 Å². The zero-order valence-corrected chi connectivity index (χ0v) is 9.57. The highest BCUT2D eigenvalue weighted by atomic mass is 16.5. The molecule has 0 aliphatic carbocycles. The van der Waals surface area contributed by atoms with Gasteiger partial charge in [0.1, 0.15) is 12.4 Å². The Hall–Kier alpha value is -1.02. The molecule has 0 saturated heterocycles. The van der Waals surface area contributed by atoms with Gasteiger partial charge in [-0.2, -0.15) is 0 Å². The second-order valence-corrected chi connectivity index (χ2v) is 3.77. The van der Waals surface area contributed by atoms with Crippen LogP contribution in [0.1, 0.15) is 32.3 Å². The van der Waals surface area contributed by atoms with E-state index in [-0.39, 0.29) is 6.10 Å². The zero-order valence-electron chi connectivity index (χ0n) is 9.57. The molecule has 0 aromatic heterocycles. The van der Waals surface area contributed by atoms with E-state index in [4.69, 9.17) is 4.74 Å². The molecular weight excluding hydrogens is 188 g/mol. The average molecular weight is 208 g/mol. The minimum Gasteiger partial charge on any atom is -0.491 e. The van der Waals surface area contributed by atoms with E-state index in [1.54, 1.807) is 0 Å². The van der Waals surface area contributed by atoms with Gasteiger partial charge in [0.15, 0.2) is 0 Å². The number of hydrogen-bond donors (Lipinski definition) is 1. The number of aliphatic hydroxyl groups excluding tert-OH is 1. The number of aliphatic hydroxyl groups is 1. The topological polar surface area (TPSA) is 29.5 Å². The summed E-state index contributed by atoms with van der Waals surface area (Å²) in [6.07, 6.45) is 2.64. The quantitative estimate of drug-likeness (QED) is 0.779. The number of rotatable bonds is 6. The first-order valence-corrected chi connectivity index (χ1v) is 5.66. The first kappa shape index (κ1) is 12.1. The number of aryl methyl sites for hydroxylation is 1. The molecule has 0 radical (unpaired) electrons. The summed E-state index contributed by atoms with van der Waals surface area (Å²) < 4.78 is 5.44. The van der Waals surface area contributed by atoms with Crippen molar-refractivity contribution in [2.24, 2.45) is 0 Å². The van der Waals surface area contributed by atoms with Crippen LogP contribution in [-0.2, 0) is 6.42 Å². The Morgan fingerprint density at radius 1 is 1.20 bits per heavy atom. The Bertz CT molecular complexity index is 266. The third-order valence-corrected chi connectivity index (χ3v) is 2.38. The van der Waals surface area contributed by atoms with Crippen LogP contribution in [0.3, 0.4) is 0 Å². The van der Waals surface area contributed by atoms with Crippen LogP contribution < -0.4 is 4.74 Å². The van der Waals surface area contributed by atoms with Gasteiger partial charge in [0.05, 0.1) is 6.10 Å². The van der Waals surface area contributed by atoms with Gasteiger partial charge in [-0.3, -0.25) is 0 Å². The molecule has 84 valence electrons. The van der Waals surface area contributed by atoms with Crippen molar-refractivity contribution >= 4 is 0 Å². The van der Waals surface area contributed by atoms with Crippen molar-refractivity contribution in [3.8, 4) is 5.75 Å². The second kappa shape index (κ2) is 6.46. The maximum absolute atomic E-state index is 9.33. The van der Waals surface area contributed by atoms with Crippen LogP contribution in [0.25, 0.3) is 0 Å². The molecule has 1 N–H and O–H groups in total. The fraction of sp³-hybridized carbons (Fsp3) is 0.538. The van der Waals surface area contributed by atoms with Crippen molar-refractivity contribution in [2.45, 2.75) is 39.2 Å². The Morgan fingerprint density at radius 2 is 1.87 bits per heavy atom. The highest BCUT2D eigenvalue weighted by Gasteiger charge is 2.01. The predicted octanol–water partition coefficient (Wildman–Crippen LogP) is 2.79. The summed E-state index contributed by atoms with van der Waals surface area (Å²) in [5.41, 5.74) is 1.33. The van der Waals surface area contributed by atoms with Gasteiger partial charge in [0, 0.05) is 0 Å². The van der Waals surface area contributed by atoms with E-state index in [1.807, 2.05) is 19.1 Å². The minimum absolute atomic E-state index is 0.361. The lowest BCUT2D eigenvalue weighted by atomic mass is 10.1. The van der Waals surface area contributed by atoms with Crippen LogP contribution in [-0.4, -0.2) is 17.8 Å². The molecule has 0 bridgehead atoms. The van der Waals surface area contributed by atoms with Gasteiger partial charge in [-0.15, -0.1) is 0 Å². The van der Waals surface area contributed by atoms with Crippen LogP contribution in [0.5, 0.6) is 5.75 Å². The van der Waals surface area contributed by atoms with Crippen molar-refractivity contribution in [1.82, 2.24) is 0 Å². The Balaban J connectivity index is 2.42. The monoisotopic (exact) mass is 208 g/mol. The van der Waals surface area contributed by atoms with Gasteiger partial charge < -0.3 is 9.84 Å². The number of benzene rings is 1. The Morgan fingerprint density at radius 3 is 2.40 bits per heavy atom. The van der Waals surface area contributed by atoms with Crippen molar-refractivity contribution in [1.29, 1.82) is 0 Å². The van der Waals surface area contributed by atoms with Gasteiger partial charge in [-0.1, -0.05) is 32.4 Å². The molecule has 15 heavy (non-hydrogen) atoms. The van der Waals surface area contributed by atoms with Crippen LogP contribution in [0.2, 0.25) is 0 Å². The maximum atomic E-state index is 9.33. The lowest BCUT2D eigenvalue weighted by Crippen LogP contribution is -2.15. The second-order valence-electron chi connectivity index (χ2n) is 3.77. The average Bonchev–Trinajstić information content (AvgIpc) is 2.28. The van der Waals surface area contributed by atoms with E-state index in [2.05, 4.69) is 19.1 Å². The molecule has 1 unspecified atom stereocenters. The lowest BCUT2D eigenvalue weighted by molar-refractivity contribution is 0.104. The molecule has 1 atom stereocenters. The van der Waals surface area contributed by atoms with E-state index >= 15 is 0 Å². The third kappa shape index (κ3) is 4.34. The molecule has 0 spiro atoms. The Kier molecular flexibility index (Phi) is 5.19. The molecule has 2 heteroatoms. The van der Waals surface area contributed by atoms with Gasteiger partial charge in [-0.25, -0.2) is 0 Å². The van der Waals surface area contributed by atoms with E-state index in [0.29, 0.717) is 6.61 Å². The maximum Gasteiger partial charge on any atom is 0.119 e. The SMILES string of the molecule is CCCc1ccc(OCC(O)CC)cc1. The molecule has 0 saturated carbocycles. The van der Waals surface area contributed by atoms with Crippen molar-refractivity contribution in [3.63, 3.8) is 0 Å². The normalized spacial score (nSPS) is 12.5. The summed E-state index contributed by atoms with van der Waals surface area (Å²) in [5.74, 6) is 0.836. The third-order valence-electron chi connectivity index (χ3n) is 2.38. The van der Waals surface area contributed by atoms with E-state index in [1.165, 1.54) is 5.56 Å². The first-order chi connectivity index (χ1) is 7.26. The standard InChI is InChI=1S/C13H20O2/c1-3-5-11-6-8-13(9-7-11)15-10-12(14)4-2/h6-9,12,14H,3-5,10H2,1-2H3. The smallest absolute Gasteiger partial charge is 0.119 e. The fourth-order valence-electron chi connectivity index (χ4n) is 1.35. The van der Waals surface area contributed by atoms with Gasteiger partial charge in [0.25, 0.3) is 0 Å². The van der Waals surface area contributed by atoms with Gasteiger partial charge in [-0.05, 0) is 30.5 Å². The molecule has 0 heterocycles. The van der Waals surface area contributed by atoms with Crippen LogP contribution in [0.4, 0.5) is 0 Å². The lowest BCUT2D eigenvalue weighted by Gasteiger charge is -2.10. The van der Waals surface area contributed by atoms with Gasteiger partial charge >= 0.3 is 0 Å². The molecule has 1 rings (SSSR count). The van der Waals surface area contributed by atoms with Crippen LogP contribution in [0.15, 0.2) is 24.3 Å². The fourth-order valence-corrected chi connectivity index (χ4v) is 1.35. The minimum atomic E-state index is -0.361. The molecular formula is C13H20O2. The summed E-state index contributed by atoms with van der Waals surface area (Å²) in [6.45, 7) is 4.49. The number of hydrogen-bond acceptors (Lipinski definition) is 2. The summed E-state index contributed by atoms with van der Waals surface area (Å²) in [7, 11) is 0. The molecule has 0 aliphatic heterocycles. The molecule has 1 aromatic rings. The molecule has 0 fully saturated rings. The number of ether oxygens (including phenoxy) is 1. The highest BCUT2D eigenvalue weighted by molar-refractivity contribution is 5.27. The van der Waals surface area contributed by atoms with Crippen molar-refractivity contribution in [3.05, 3.63) is 29.8 Å². The summed E-state index contributed by atoms with van der Waals surface area (Å²) in [4.78, 5) is 0.